The van der Waals surface area contributed by atoms with Crippen LogP contribution in [-0.4, -0.2) is 19.5 Å². The average molecular weight is 703 g/mol. The molecular weight excluding hydrogens is 669 g/mol. The van der Waals surface area contributed by atoms with E-state index >= 15 is 0 Å². The van der Waals surface area contributed by atoms with Gasteiger partial charge in [-0.25, -0.2) is 15.0 Å². The number of para-hydroxylation sites is 1. The number of rotatable bonds is 7. The Kier molecular flexibility index (Phi) is 8.12. The molecule has 0 radical (unpaired) electrons. The van der Waals surface area contributed by atoms with Crippen LogP contribution >= 0.6 is 0 Å². The predicted molar refractivity (Wildman–Crippen MR) is 227 cm³/mol. The Morgan fingerprint density at radius 3 is 1.40 bits per heavy atom. The SMILES string of the molecule is c1ccc(-c2cc(-c3ccccc3)c3c4ccccc4n(-c4cccc(-c5cccc(-c6nc(-c7ccccc7)nc(-c7ccccc7)n6)c5)c4)c3c2)cc1. The van der Waals surface area contributed by atoms with Crippen molar-refractivity contribution in [2.45, 2.75) is 0 Å². The molecule has 0 spiro atoms. The van der Waals surface area contributed by atoms with E-state index in [4.69, 9.17) is 15.0 Å². The van der Waals surface area contributed by atoms with Gasteiger partial charge in [0.15, 0.2) is 17.5 Å². The lowest BCUT2D eigenvalue weighted by molar-refractivity contribution is 1.07. The number of nitrogens with zero attached hydrogens (tertiary/aromatic N) is 4. The van der Waals surface area contributed by atoms with Crippen LogP contribution < -0.4 is 0 Å². The molecule has 0 atom stereocenters. The molecule has 8 aromatic carbocycles. The summed E-state index contributed by atoms with van der Waals surface area (Å²) in [6, 6.07) is 72.4. The fraction of sp³-hybridized carbons (Fsp3) is 0. The summed E-state index contributed by atoms with van der Waals surface area (Å²) in [4.78, 5) is 14.9. The number of aromatic nitrogens is 4. The van der Waals surface area contributed by atoms with Crippen LogP contribution in [0.1, 0.15) is 0 Å². The van der Waals surface area contributed by atoms with Gasteiger partial charge < -0.3 is 4.57 Å². The van der Waals surface area contributed by atoms with Gasteiger partial charge in [0, 0.05) is 33.2 Å². The normalized spacial score (nSPS) is 11.3. The van der Waals surface area contributed by atoms with E-state index in [1.807, 2.05) is 60.7 Å². The Morgan fingerprint density at radius 2 is 0.764 bits per heavy atom. The summed E-state index contributed by atoms with van der Waals surface area (Å²) in [5.41, 5.74) is 13.2. The highest BCUT2D eigenvalue weighted by Crippen LogP contribution is 2.42. The van der Waals surface area contributed by atoms with Crippen LogP contribution in [0.2, 0.25) is 0 Å². The molecule has 258 valence electrons. The Hall–Kier alpha value is -7.43. The second-order valence-corrected chi connectivity index (χ2v) is 13.7. The number of hydrogen-bond acceptors (Lipinski definition) is 3. The monoisotopic (exact) mass is 702 g/mol. The minimum Gasteiger partial charge on any atom is -0.309 e. The molecule has 0 bridgehead atoms. The third-order valence-corrected chi connectivity index (χ3v) is 10.2. The van der Waals surface area contributed by atoms with E-state index in [-0.39, 0.29) is 0 Å². The topological polar surface area (TPSA) is 43.6 Å². The van der Waals surface area contributed by atoms with E-state index < -0.39 is 0 Å². The molecule has 2 aromatic heterocycles. The van der Waals surface area contributed by atoms with Gasteiger partial charge in [-0.1, -0.05) is 170 Å². The molecule has 55 heavy (non-hydrogen) atoms. The molecule has 0 saturated carbocycles. The van der Waals surface area contributed by atoms with E-state index in [9.17, 15) is 0 Å². The first-order valence-corrected chi connectivity index (χ1v) is 18.5. The smallest absolute Gasteiger partial charge is 0.164 e. The van der Waals surface area contributed by atoms with Gasteiger partial charge in [-0.05, 0) is 69.8 Å². The first-order chi connectivity index (χ1) is 27.3. The quantitative estimate of drug-likeness (QED) is 0.166. The Labute approximate surface area is 319 Å². The molecule has 0 aliphatic heterocycles. The maximum Gasteiger partial charge on any atom is 0.164 e. The zero-order valence-electron chi connectivity index (χ0n) is 29.9. The molecule has 0 saturated heterocycles. The maximum atomic E-state index is 5.00. The fourth-order valence-electron chi connectivity index (χ4n) is 7.62. The van der Waals surface area contributed by atoms with Crippen LogP contribution in [0.25, 0.3) is 95.0 Å². The minimum atomic E-state index is 0.634. The van der Waals surface area contributed by atoms with Gasteiger partial charge in [0.25, 0.3) is 0 Å². The molecule has 4 heteroatoms. The van der Waals surface area contributed by atoms with Gasteiger partial charge in [-0.2, -0.15) is 0 Å². The van der Waals surface area contributed by atoms with Gasteiger partial charge in [0.05, 0.1) is 11.0 Å². The lowest BCUT2D eigenvalue weighted by Crippen LogP contribution is -2.00. The summed E-state index contributed by atoms with van der Waals surface area (Å²) in [5, 5.41) is 2.47. The van der Waals surface area contributed by atoms with E-state index in [1.54, 1.807) is 0 Å². The first kappa shape index (κ1) is 32.2. The van der Waals surface area contributed by atoms with Crippen molar-refractivity contribution in [2.75, 3.05) is 0 Å². The van der Waals surface area contributed by atoms with Gasteiger partial charge in [0.1, 0.15) is 0 Å². The van der Waals surface area contributed by atoms with Gasteiger partial charge in [-0.15, -0.1) is 0 Å². The minimum absolute atomic E-state index is 0.634. The molecule has 0 unspecified atom stereocenters. The summed E-state index contributed by atoms with van der Waals surface area (Å²) in [6.07, 6.45) is 0. The lowest BCUT2D eigenvalue weighted by Gasteiger charge is -2.13. The van der Waals surface area contributed by atoms with Crippen LogP contribution in [0.3, 0.4) is 0 Å². The molecule has 0 amide bonds. The Morgan fingerprint density at radius 1 is 0.291 bits per heavy atom. The van der Waals surface area contributed by atoms with Crippen molar-refractivity contribution in [3.8, 4) is 73.2 Å². The maximum absolute atomic E-state index is 5.00. The molecule has 10 rings (SSSR count). The van der Waals surface area contributed by atoms with Crippen LogP contribution in [0.5, 0.6) is 0 Å². The van der Waals surface area contributed by atoms with Gasteiger partial charge in [0.2, 0.25) is 0 Å². The van der Waals surface area contributed by atoms with Crippen molar-refractivity contribution in [3.63, 3.8) is 0 Å². The highest BCUT2D eigenvalue weighted by Gasteiger charge is 2.19. The van der Waals surface area contributed by atoms with Gasteiger partial charge >= 0.3 is 0 Å². The molecule has 0 aliphatic carbocycles. The first-order valence-electron chi connectivity index (χ1n) is 18.5. The highest BCUT2D eigenvalue weighted by atomic mass is 15.0. The number of hydrogen-bond donors (Lipinski definition) is 0. The van der Waals surface area contributed by atoms with E-state index in [2.05, 4.69) is 150 Å². The predicted octanol–water partition coefficient (Wildman–Crippen LogP) is 13.0. The van der Waals surface area contributed by atoms with E-state index in [1.165, 1.54) is 38.5 Å². The van der Waals surface area contributed by atoms with Crippen molar-refractivity contribution < 1.29 is 0 Å². The third-order valence-electron chi connectivity index (χ3n) is 10.2. The van der Waals surface area contributed by atoms with Crippen molar-refractivity contribution in [3.05, 3.63) is 206 Å². The summed E-state index contributed by atoms with van der Waals surface area (Å²) in [7, 11) is 0. The molecule has 0 aliphatic rings. The summed E-state index contributed by atoms with van der Waals surface area (Å²) >= 11 is 0. The molecule has 2 heterocycles. The lowest BCUT2D eigenvalue weighted by atomic mass is 9.94. The summed E-state index contributed by atoms with van der Waals surface area (Å²) in [6.45, 7) is 0. The number of benzene rings is 8. The van der Waals surface area contributed by atoms with Crippen LogP contribution in [0.4, 0.5) is 0 Å². The fourth-order valence-corrected chi connectivity index (χ4v) is 7.62. The van der Waals surface area contributed by atoms with Crippen LogP contribution in [-0.2, 0) is 0 Å². The molecular formula is C51H34N4. The number of fused-ring (bicyclic) bond motifs is 3. The summed E-state index contributed by atoms with van der Waals surface area (Å²) in [5.74, 6) is 1.93. The molecule has 4 nitrogen and oxygen atoms in total. The largest absolute Gasteiger partial charge is 0.309 e. The Balaban J connectivity index is 1.13. The van der Waals surface area contributed by atoms with Crippen LogP contribution in [0, 0.1) is 0 Å². The van der Waals surface area contributed by atoms with Crippen molar-refractivity contribution >= 4 is 21.8 Å². The van der Waals surface area contributed by atoms with Crippen molar-refractivity contribution in [1.82, 2.24) is 19.5 Å². The summed E-state index contributed by atoms with van der Waals surface area (Å²) < 4.78 is 2.42. The third kappa shape index (κ3) is 6.06. The van der Waals surface area contributed by atoms with Crippen LogP contribution in [0.15, 0.2) is 206 Å². The van der Waals surface area contributed by atoms with Crippen molar-refractivity contribution in [1.29, 1.82) is 0 Å². The second kappa shape index (κ2) is 13.8. The second-order valence-electron chi connectivity index (χ2n) is 13.7. The van der Waals surface area contributed by atoms with E-state index in [0.29, 0.717) is 17.5 Å². The Bertz CT molecular complexity index is 2900. The molecule has 10 aromatic rings. The highest BCUT2D eigenvalue weighted by molar-refractivity contribution is 6.17. The standard InChI is InChI=1S/C51H34N4/c1-5-17-35(18-6-1)42-33-45(36-19-7-2-8-20-36)48-44-29-13-14-30-46(44)55(47(48)34-42)43-28-16-26-40(32-43)39-25-15-27-41(31-39)51-53-49(37-21-9-3-10-22-37)52-50(54-51)38-23-11-4-12-24-38/h1-34H. The van der Waals surface area contributed by atoms with Gasteiger partial charge in [-0.3, -0.25) is 0 Å². The van der Waals surface area contributed by atoms with E-state index in [0.717, 1.165) is 39.0 Å². The van der Waals surface area contributed by atoms with Crippen molar-refractivity contribution in [2.24, 2.45) is 0 Å². The average Bonchev–Trinajstić information content (AvgIpc) is 3.61. The molecule has 0 fully saturated rings. The molecule has 0 N–H and O–H groups in total. The zero-order valence-corrected chi connectivity index (χ0v) is 29.9. The zero-order chi connectivity index (χ0) is 36.6.